The molecule has 0 fully saturated rings. The molecule has 3 nitrogen and oxygen atoms in total. The van der Waals surface area contributed by atoms with Crippen LogP contribution in [0.25, 0.3) is 22.0 Å². The van der Waals surface area contributed by atoms with Crippen LogP contribution in [0.4, 0.5) is 0 Å². The lowest BCUT2D eigenvalue weighted by Gasteiger charge is -2.07. The second kappa shape index (κ2) is 6.07. The van der Waals surface area contributed by atoms with Gasteiger partial charge in [-0.25, -0.2) is 15.0 Å². The van der Waals surface area contributed by atoms with Gasteiger partial charge in [0.15, 0.2) is 10.8 Å². The van der Waals surface area contributed by atoms with Crippen molar-refractivity contribution in [2.45, 2.75) is 0 Å². The van der Waals surface area contributed by atoms with Gasteiger partial charge in [-0.05, 0) is 17.7 Å². The number of hydrogen-bond acceptors (Lipinski definition) is 4. The fourth-order valence-corrected chi connectivity index (χ4v) is 3.39. The molecule has 21 heavy (non-hydrogen) atoms. The van der Waals surface area contributed by atoms with Crippen molar-refractivity contribution in [2.75, 3.05) is 0 Å². The Balaban J connectivity index is 2.12. The minimum Gasteiger partial charge on any atom is -0.240 e. The van der Waals surface area contributed by atoms with Crippen LogP contribution >= 0.6 is 57.7 Å². The van der Waals surface area contributed by atoms with Crippen LogP contribution in [0.3, 0.4) is 0 Å². The molecule has 0 bridgehead atoms. The number of thiazole rings is 1. The molecule has 0 unspecified atom stereocenters. The molecule has 3 aromatic rings. The number of halogens is 4. The number of nitrogens with zero attached hydrogens (tertiary/aromatic N) is 3. The third-order valence-electron chi connectivity index (χ3n) is 2.60. The van der Waals surface area contributed by atoms with E-state index in [9.17, 15) is 0 Å². The molecule has 0 radical (unpaired) electrons. The van der Waals surface area contributed by atoms with E-state index in [4.69, 9.17) is 46.4 Å². The molecular formula is C13H5Cl4N3S. The highest BCUT2D eigenvalue weighted by atomic mass is 35.5. The first-order chi connectivity index (χ1) is 10.0. The SMILES string of the molecule is Clc1cccc(-c2c(Cl)nc(-c3ncc(Cl)s3)nc2Cl)c1. The summed E-state index contributed by atoms with van der Waals surface area (Å²) >= 11 is 25.6. The minimum absolute atomic E-state index is 0.235. The lowest BCUT2D eigenvalue weighted by atomic mass is 10.1. The van der Waals surface area contributed by atoms with Crippen molar-refractivity contribution in [3.63, 3.8) is 0 Å². The quantitative estimate of drug-likeness (QED) is 0.524. The Morgan fingerprint density at radius 2 is 1.67 bits per heavy atom. The van der Waals surface area contributed by atoms with Gasteiger partial charge in [-0.1, -0.05) is 69.9 Å². The Hall–Kier alpha value is -0.910. The normalized spacial score (nSPS) is 10.9. The van der Waals surface area contributed by atoms with Gasteiger partial charge in [0.1, 0.15) is 14.6 Å². The number of aromatic nitrogens is 3. The zero-order valence-corrected chi connectivity index (χ0v) is 14.0. The third-order valence-corrected chi connectivity index (χ3v) is 4.50. The Bertz CT molecular complexity index is 796. The fourth-order valence-electron chi connectivity index (χ4n) is 1.74. The zero-order chi connectivity index (χ0) is 15.0. The van der Waals surface area contributed by atoms with E-state index in [0.717, 1.165) is 5.56 Å². The van der Waals surface area contributed by atoms with Crippen molar-refractivity contribution in [3.8, 4) is 22.0 Å². The average Bonchev–Trinajstić information content (AvgIpc) is 2.85. The molecule has 0 spiro atoms. The first-order valence-electron chi connectivity index (χ1n) is 5.65. The molecule has 0 aliphatic heterocycles. The predicted molar refractivity (Wildman–Crippen MR) is 88.6 cm³/mol. The molecule has 2 heterocycles. The van der Waals surface area contributed by atoms with Gasteiger partial charge in [0, 0.05) is 5.02 Å². The van der Waals surface area contributed by atoms with Gasteiger partial charge in [0.2, 0.25) is 0 Å². The van der Waals surface area contributed by atoms with E-state index in [1.807, 2.05) is 6.07 Å². The number of benzene rings is 1. The summed E-state index contributed by atoms with van der Waals surface area (Å²) in [6.07, 6.45) is 1.53. The lowest BCUT2D eigenvalue weighted by Crippen LogP contribution is -1.94. The van der Waals surface area contributed by atoms with Gasteiger partial charge in [-0.15, -0.1) is 0 Å². The highest BCUT2D eigenvalue weighted by Gasteiger charge is 2.16. The Morgan fingerprint density at radius 3 is 2.24 bits per heavy atom. The second-order valence-electron chi connectivity index (χ2n) is 3.98. The van der Waals surface area contributed by atoms with Crippen molar-refractivity contribution in [2.24, 2.45) is 0 Å². The van der Waals surface area contributed by atoms with Crippen LogP contribution in [0.5, 0.6) is 0 Å². The van der Waals surface area contributed by atoms with E-state index in [-0.39, 0.29) is 10.3 Å². The standard InChI is InChI=1S/C13H5Cl4N3S/c14-7-3-1-2-6(4-7)9-10(16)19-12(20-11(9)17)13-18-5-8(15)21-13/h1-5H. The molecule has 8 heteroatoms. The molecule has 3 rings (SSSR count). The third kappa shape index (κ3) is 3.15. The maximum Gasteiger partial charge on any atom is 0.191 e. The zero-order valence-electron chi connectivity index (χ0n) is 10.1. The number of rotatable bonds is 2. The molecule has 2 aromatic heterocycles. The molecular weight excluding hydrogens is 372 g/mol. The summed E-state index contributed by atoms with van der Waals surface area (Å²) in [5, 5.41) is 1.61. The predicted octanol–water partition coefficient (Wildman–Crippen LogP) is 5.88. The van der Waals surface area contributed by atoms with E-state index in [1.165, 1.54) is 17.5 Å². The van der Waals surface area contributed by atoms with Crippen molar-refractivity contribution in [3.05, 3.63) is 50.1 Å². The van der Waals surface area contributed by atoms with Gasteiger partial charge in [0.05, 0.1) is 11.8 Å². The van der Waals surface area contributed by atoms with E-state index in [1.54, 1.807) is 18.2 Å². The van der Waals surface area contributed by atoms with E-state index >= 15 is 0 Å². The average molecular weight is 377 g/mol. The van der Waals surface area contributed by atoms with Crippen LogP contribution in [-0.2, 0) is 0 Å². The van der Waals surface area contributed by atoms with Crippen LogP contribution in [0.2, 0.25) is 19.7 Å². The van der Waals surface area contributed by atoms with Crippen molar-refractivity contribution in [1.29, 1.82) is 0 Å². The van der Waals surface area contributed by atoms with Crippen molar-refractivity contribution < 1.29 is 0 Å². The topological polar surface area (TPSA) is 38.7 Å². The highest BCUT2D eigenvalue weighted by molar-refractivity contribution is 7.18. The maximum absolute atomic E-state index is 6.24. The molecule has 0 saturated carbocycles. The molecule has 106 valence electrons. The largest absolute Gasteiger partial charge is 0.240 e. The molecule has 0 N–H and O–H groups in total. The lowest BCUT2D eigenvalue weighted by molar-refractivity contribution is 1.16. The van der Waals surface area contributed by atoms with Crippen LogP contribution in [0.1, 0.15) is 0 Å². The Labute approximate surface area is 144 Å². The van der Waals surface area contributed by atoms with Crippen LogP contribution < -0.4 is 0 Å². The Morgan fingerprint density at radius 1 is 0.952 bits per heavy atom. The van der Waals surface area contributed by atoms with Crippen LogP contribution in [0, 0.1) is 0 Å². The van der Waals surface area contributed by atoms with Crippen molar-refractivity contribution in [1.82, 2.24) is 15.0 Å². The first kappa shape index (κ1) is 15.0. The van der Waals surface area contributed by atoms with Crippen LogP contribution in [0.15, 0.2) is 30.5 Å². The van der Waals surface area contributed by atoms with E-state index < -0.39 is 0 Å². The van der Waals surface area contributed by atoms with Gasteiger partial charge < -0.3 is 0 Å². The Kier molecular flexibility index (Phi) is 4.33. The molecule has 0 amide bonds. The summed E-state index contributed by atoms with van der Waals surface area (Å²) in [6.45, 7) is 0. The molecule has 0 saturated heterocycles. The summed E-state index contributed by atoms with van der Waals surface area (Å²) < 4.78 is 0.541. The van der Waals surface area contributed by atoms with Gasteiger partial charge in [-0.2, -0.15) is 0 Å². The smallest absolute Gasteiger partial charge is 0.191 e. The molecule has 0 aliphatic rings. The van der Waals surface area contributed by atoms with Crippen molar-refractivity contribution >= 4 is 57.7 Å². The summed E-state index contributed by atoms with van der Waals surface area (Å²) in [5.74, 6) is 0.340. The highest BCUT2D eigenvalue weighted by Crippen LogP contribution is 2.36. The second-order valence-corrected chi connectivity index (χ2v) is 6.80. The van der Waals surface area contributed by atoms with E-state index in [0.29, 0.717) is 25.8 Å². The first-order valence-corrected chi connectivity index (χ1v) is 7.98. The van der Waals surface area contributed by atoms with Gasteiger partial charge >= 0.3 is 0 Å². The van der Waals surface area contributed by atoms with Gasteiger partial charge in [0.25, 0.3) is 0 Å². The summed E-state index contributed by atoms with van der Waals surface area (Å²) in [6, 6.07) is 7.15. The fraction of sp³-hybridized carbons (Fsp3) is 0. The minimum atomic E-state index is 0.235. The molecule has 0 atom stereocenters. The number of hydrogen-bond donors (Lipinski definition) is 0. The summed E-state index contributed by atoms with van der Waals surface area (Å²) in [4.78, 5) is 12.6. The molecule has 0 aliphatic carbocycles. The maximum atomic E-state index is 6.24. The van der Waals surface area contributed by atoms with E-state index in [2.05, 4.69) is 15.0 Å². The van der Waals surface area contributed by atoms with Crippen LogP contribution in [-0.4, -0.2) is 15.0 Å². The summed E-state index contributed by atoms with van der Waals surface area (Å²) in [7, 11) is 0. The van der Waals surface area contributed by atoms with Gasteiger partial charge in [-0.3, -0.25) is 0 Å². The monoisotopic (exact) mass is 375 g/mol. The summed E-state index contributed by atoms with van der Waals surface area (Å²) in [5.41, 5.74) is 1.29. The molecule has 1 aromatic carbocycles.